The molecule has 3 N–H and O–H groups in total. The van der Waals surface area contributed by atoms with Gasteiger partial charge in [-0.3, -0.25) is 0 Å². The van der Waals surface area contributed by atoms with E-state index < -0.39 is 6.10 Å². The topological polar surface area (TPSA) is 60.7 Å². The van der Waals surface area contributed by atoms with Crippen LogP contribution in [-0.4, -0.2) is 34.1 Å². The molecule has 0 amide bonds. The van der Waals surface area contributed by atoms with Crippen LogP contribution in [0.1, 0.15) is 106 Å². The normalized spacial score (nSPS) is 57.8. The second-order valence-electron chi connectivity index (χ2n) is 15.2. The van der Waals surface area contributed by atoms with E-state index in [0.29, 0.717) is 17.8 Å². The standard InChI is InChI=1S/C30H50O3/c1-25(2)16-20-19-8-9-22-27(4)12-11-23(32)28(5,18-31)21(27)10-13-30(22,7)29(19,6)15-14-26(20,3)24(33)17-25/h8,20-24,31-33H,9-18H2,1-7H3/t20-,21-,22+,23?,24?,26+,27+,28+,29+,30+/m1/s1. The smallest absolute Gasteiger partial charge is 0.0618 e. The Morgan fingerprint density at radius 3 is 2.15 bits per heavy atom. The summed E-state index contributed by atoms with van der Waals surface area (Å²) < 4.78 is 0. The van der Waals surface area contributed by atoms with Crippen molar-refractivity contribution in [3.8, 4) is 0 Å². The van der Waals surface area contributed by atoms with Crippen LogP contribution in [0.25, 0.3) is 0 Å². The number of fused-ring (bicyclic) bond motifs is 7. The van der Waals surface area contributed by atoms with Crippen LogP contribution in [0.3, 0.4) is 0 Å². The number of rotatable bonds is 1. The maximum absolute atomic E-state index is 11.3. The Hall–Kier alpha value is -0.380. The first kappa shape index (κ1) is 24.3. The third-order valence-electron chi connectivity index (χ3n) is 13.2. The number of aliphatic hydroxyl groups is 3. The highest BCUT2D eigenvalue weighted by molar-refractivity contribution is 5.34. The van der Waals surface area contributed by atoms with Crippen molar-refractivity contribution < 1.29 is 15.3 Å². The summed E-state index contributed by atoms with van der Waals surface area (Å²) in [5, 5.41) is 32.6. The molecule has 3 heteroatoms. The lowest BCUT2D eigenvalue weighted by Crippen LogP contribution is -2.66. The van der Waals surface area contributed by atoms with Crippen LogP contribution in [-0.2, 0) is 0 Å². The Morgan fingerprint density at radius 1 is 0.788 bits per heavy atom. The molecule has 0 bridgehead atoms. The van der Waals surface area contributed by atoms with Gasteiger partial charge in [-0.2, -0.15) is 0 Å². The molecule has 4 fully saturated rings. The third-order valence-corrected chi connectivity index (χ3v) is 13.2. The van der Waals surface area contributed by atoms with Gasteiger partial charge in [-0.25, -0.2) is 0 Å². The first-order chi connectivity index (χ1) is 15.2. The van der Waals surface area contributed by atoms with E-state index in [1.165, 1.54) is 19.3 Å². The van der Waals surface area contributed by atoms with E-state index in [4.69, 9.17) is 0 Å². The molecule has 188 valence electrons. The summed E-state index contributed by atoms with van der Waals surface area (Å²) in [5.41, 5.74) is 2.04. The van der Waals surface area contributed by atoms with Gasteiger partial charge in [0.25, 0.3) is 0 Å². The molecule has 5 aliphatic rings. The molecule has 0 saturated heterocycles. The zero-order chi connectivity index (χ0) is 24.2. The average Bonchev–Trinajstić information content (AvgIpc) is 2.73. The van der Waals surface area contributed by atoms with Crippen LogP contribution >= 0.6 is 0 Å². The fraction of sp³-hybridized carbons (Fsp3) is 0.933. The Balaban J connectivity index is 1.58. The van der Waals surface area contributed by atoms with E-state index >= 15 is 0 Å². The second-order valence-corrected chi connectivity index (χ2v) is 15.2. The Morgan fingerprint density at radius 2 is 1.48 bits per heavy atom. The quantitative estimate of drug-likeness (QED) is 0.415. The highest BCUT2D eigenvalue weighted by Crippen LogP contribution is 2.75. The molecule has 5 rings (SSSR count). The van der Waals surface area contributed by atoms with Gasteiger partial charge in [0, 0.05) is 10.8 Å². The fourth-order valence-electron chi connectivity index (χ4n) is 10.7. The molecule has 0 aromatic carbocycles. The molecule has 0 aromatic rings. The van der Waals surface area contributed by atoms with Gasteiger partial charge >= 0.3 is 0 Å². The maximum Gasteiger partial charge on any atom is 0.0618 e. The van der Waals surface area contributed by atoms with Gasteiger partial charge < -0.3 is 15.3 Å². The summed E-state index contributed by atoms with van der Waals surface area (Å²) in [7, 11) is 0. The molecule has 5 aliphatic carbocycles. The van der Waals surface area contributed by atoms with Gasteiger partial charge in [0.05, 0.1) is 18.8 Å². The Bertz CT molecular complexity index is 847. The van der Waals surface area contributed by atoms with Crippen molar-refractivity contribution in [3.05, 3.63) is 11.6 Å². The average molecular weight is 459 g/mol. The van der Waals surface area contributed by atoms with E-state index in [1.54, 1.807) is 5.57 Å². The van der Waals surface area contributed by atoms with Crippen molar-refractivity contribution in [1.29, 1.82) is 0 Å². The van der Waals surface area contributed by atoms with Crippen LogP contribution in [0, 0.1) is 50.2 Å². The molecule has 0 heterocycles. The van der Waals surface area contributed by atoms with Crippen LogP contribution in [0.15, 0.2) is 11.6 Å². The van der Waals surface area contributed by atoms with Gasteiger partial charge in [0.1, 0.15) is 0 Å². The third kappa shape index (κ3) is 2.91. The highest BCUT2D eigenvalue weighted by atomic mass is 16.3. The van der Waals surface area contributed by atoms with Gasteiger partial charge in [-0.1, -0.05) is 60.1 Å². The molecule has 0 spiro atoms. The summed E-state index contributed by atoms with van der Waals surface area (Å²) in [4.78, 5) is 0. The lowest BCUT2D eigenvalue weighted by Gasteiger charge is -2.71. The summed E-state index contributed by atoms with van der Waals surface area (Å²) in [6.45, 7) is 17.0. The minimum absolute atomic E-state index is 0.00950. The van der Waals surface area contributed by atoms with Crippen molar-refractivity contribution in [2.75, 3.05) is 6.61 Å². The predicted octanol–water partition coefficient (Wildman–Crippen LogP) is 6.11. The fourth-order valence-corrected chi connectivity index (χ4v) is 10.7. The highest BCUT2D eigenvalue weighted by Gasteiger charge is 2.69. The molecule has 10 atom stereocenters. The molecule has 0 aromatic heterocycles. The van der Waals surface area contributed by atoms with Crippen molar-refractivity contribution in [2.45, 2.75) is 118 Å². The van der Waals surface area contributed by atoms with Crippen LogP contribution < -0.4 is 0 Å². The van der Waals surface area contributed by atoms with Crippen LogP contribution in [0.2, 0.25) is 0 Å². The summed E-state index contributed by atoms with van der Waals surface area (Å²) >= 11 is 0. The molecule has 0 aliphatic heterocycles. The summed E-state index contributed by atoms with van der Waals surface area (Å²) in [5.74, 6) is 1.44. The zero-order valence-electron chi connectivity index (χ0n) is 22.4. The van der Waals surface area contributed by atoms with E-state index in [9.17, 15) is 15.3 Å². The van der Waals surface area contributed by atoms with Crippen molar-refractivity contribution >= 4 is 0 Å². The SMILES string of the molecule is CC1(C)CC(O)[C@@]2(C)CC[C@@]3(C)C(=CC[C@H]4[C@@]5(C)CCC(O)[C@@](C)(CO)[C@@H]5CC[C@@]43C)[C@H]2C1. The van der Waals surface area contributed by atoms with E-state index in [-0.39, 0.29) is 45.2 Å². The predicted molar refractivity (Wildman–Crippen MR) is 134 cm³/mol. The number of hydrogen-bond donors (Lipinski definition) is 3. The lowest BCUT2D eigenvalue weighted by molar-refractivity contribution is -0.218. The lowest BCUT2D eigenvalue weighted by atomic mass is 9.33. The largest absolute Gasteiger partial charge is 0.396 e. The molecule has 4 saturated carbocycles. The van der Waals surface area contributed by atoms with Crippen LogP contribution in [0.4, 0.5) is 0 Å². The molecule has 33 heavy (non-hydrogen) atoms. The van der Waals surface area contributed by atoms with Gasteiger partial charge in [0.15, 0.2) is 0 Å². The van der Waals surface area contributed by atoms with Crippen molar-refractivity contribution in [1.82, 2.24) is 0 Å². The molecular formula is C30H50O3. The molecular weight excluding hydrogens is 408 g/mol. The number of allylic oxidation sites excluding steroid dienone is 2. The maximum atomic E-state index is 11.3. The summed E-state index contributed by atoms with van der Waals surface area (Å²) in [6.07, 6.45) is 11.7. The van der Waals surface area contributed by atoms with Crippen molar-refractivity contribution in [2.24, 2.45) is 50.2 Å². The van der Waals surface area contributed by atoms with E-state index in [1.807, 2.05) is 0 Å². The van der Waals surface area contributed by atoms with Gasteiger partial charge in [-0.05, 0) is 97.2 Å². The van der Waals surface area contributed by atoms with Gasteiger partial charge in [0.2, 0.25) is 0 Å². The van der Waals surface area contributed by atoms with Gasteiger partial charge in [-0.15, -0.1) is 0 Å². The van der Waals surface area contributed by atoms with Crippen LogP contribution in [0.5, 0.6) is 0 Å². The molecule has 3 nitrogen and oxygen atoms in total. The summed E-state index contributed by atoms with van der Waals surface area (Å²) in [6, 6.07) is 0. The Kier molecular flexibility index (Phi) is 5.23. The number of hydrogen-bond acceptors (Lipinski definition) is 3. The van der Waals surface area contributed by atoms with E-state index in [2.05, 4.69) is 54.5 Å². The first-order valence-electron chi connectivity index (χ1n) is 13.9. The monoisotopic (exact) mass is 458 g/mol. The second kappa shape index (κ2) is 7.10. The van der Waals surface area contributed by atoms with Crippen molar-refractivity contribution in [3.63, 3.8) is 0 Å². The zero-order valence-corrected chi connectivity index (χ0v) is 22.4. The Labute approximate surface area is 202 Å². The molecule has 0 radical (unpaired) electrons. The first-order valence-corrected chi connectivity index (χ1v) is 13.9. The minimum Gasteiger partial charge on any atom is -0.396 e. The minimum atomic E-state index is -0.392. The van der Waals surface area contributed by atoms with E-state index in [0.717, 1.165) is 38.5 Å². The molecule has 2 unspecified atom stereocenters. The number of aliphatic hydroxyl groups excluding tert-OH is 3.